The Balaban J connectivity index is 1.83. The molecule has 100 valence electrons. The lowest BCUT2D eigenvalue weighted by Crippen LogP contribution is -2.38. The molecule has 1 amide bonds. The summed E-state index contributed by atoms with van der Waals surface area (Å²) in [5.74, 6) is 0.841. The highest BCUT2D eigenvalue weighted by Gasteiger charge is 2.22. The summed E-state index contributed by atoms with van der Waals surface area (Å²) in [5, 5.41) is 9.63. The van der Waals surface area contributed by atoms with Crippen molar-refractivity contribution < 1.29 is 4.79 Å². The molecule has 1 aliphatic heterocycles. The lowest BCUT2D eigenvalue weighted by molar-refractivity contribution is 0.0933. The number of aromatic nitrogens is 3. The van der Waals surface area contributed by atoms with Gasteiger partial charge in [-0.15, -0.1) is 5.10 Å². The molecule has 1 aromatic heterocycles. The summed E-state index contributed by atoms with van der Waals surface area (Å²) in [7, 11) is 2.09. The molecule has 1 fully saturated rings. The molecule has 1 unspecified atom stereocenters. The van der Waals surface area contributed by atoms with E-state index < -0.39 is 0 Å². The van der Waals surface area contributed by atoms with Crippen LogP contribution in [-0.4, -0.2) is 52.2 Å². The predicted octanol–water partition coefficient (Wildman–Crippen LogP) is 0.581. The van der Waals surface area contributed by atoms with Crippen molar-refractivity contribution in [3.8, 4) is 0 Å². The van der Waals surface area contributed by atoms with Gasteiger partial charge in [0.25, 0.3) is 5.91 Å². The monoisotopic (exact) mass is 251 g/mol. The SMILES string of the molecule is CCCc1nc(C(=O)NCC2CCCN2C)n[nH]1. The van der Waals surface area contributed by atoms with Crippen LogP contribution >= 0.6 is 0 Å². The summed E-state index contributed by atoms with van der Waals surface area (Å²) in [6.07, 6.45) is 4.17. The van der Waals surface area contributed by atoms with E-state index in [-0.39, 0.29) is 11.7 Å². The number of aromatic amines is 1. The van der Waals surface area contributed by atoms with E-state index in [9.17, 15) is 4.79 Å². The van der Waals surface area contributed by atoms with E-state index in [0.29, 0.717) is 12.6 Å². The van der Waals surface area contributed by atoms with Crippen LogP contribution in [0.15, 0.2) is 0 Å². The first kappa shape index (κ1) is 13.0. The molecule has 6 nitrogen and oxygen atoms in total. The number of nitrogens with one attached hydrogen (secondary N) is 2. The second-order valence-corrected chi connectivity index (χ2v) is 4.84. The van der Waals surface area contributed by atoms with Crippen molar-refractivity contribution in [3.63, 3.8) is 0 Å². The summed E-state index contributed by atoms with van der Waals surface area (Å²) >= 11 is 0. The van der Waals surface area contributed by atoms with Gasteiger partial charge in [-0.05, 0) is 32.9 Å². The lowest BCUT2D eigenvalue weighted by Gasteiger charge is -2.19. The highest BCUT2D eigenvalue weighted by molar-refractivity contribution is 5.90. The van der Waals surface area contributed by atoms with E-state index in [0.717, 1.165) is 31.6 Å². The molecule has 0 aliphatic carbocycles. The third-order valence-electron chi connectivity index (χ3n) is 3.39. The maximum absolute atomic E-state index is 11.9. The Morgan fingerprint density at radius 1 is 1.61 bits per heavy atom. The second kappa shape index (κ2) is 5.95. The molecule has 1 saturated heterocycles. The topological polar surface area (TPSA) is 73.9 Å². The van der Waals surface area contributed by atoms with Crippen molar-refractivity contribution in [2.75, 3.05) is 20.1 Å². The molecule has 1 aliphatic rings. The molecule has 2 N–H and O–H groups in total. The Labute approximate surface area is 107 Å². The summed E-state index contributed by atoms with van der Waals surface area (Å²) in [4.78, 5) is 18.3. The average Bonchev–Trinajstić information content (AvgIpc) is 2.96. The number of rotatable bonds is 5. The normalized spacial score (nSPS) is 20.2. The van der Waals surface area contributed by atoms with Crippen molar-refractivity contribution in [1.82, 2.24) is 25.4 Å². The quantitative estimate of drug-likeness (QED) is 0.803. The van der Waals surface area contributed by atoms with Gasteiger partial charge in [0.2, 0.25) is 5.82 Å². The van der Waals surface area contributed by atoms with Gasteiger partial charge in [-0.3, -0.25) is 9.89 Å². The minimum Gasteiger partial charge on any atom is -0.348 e. The zero-order chi connectivity index (χ0) is 13.0. The van der Waals surface area contributed by atoms with Gasteiger partial charge in [-0.1, -0.05) is 6.92 Å². The molecule has 0 bridgehead atoms. The van der Waals surface area contributed by atoms with E-state index in [1.807, 2.05) is 0 Å². The molecule has 1 aromatic rings. The van der Waals surface area contributed by atoms with E-state index in [1.54, 1.807) is 0 Å². The van der Waals surface area contributed by atoms with Crippen LogP contribution in [0.25, 0.3) is 0 Å². The third-order valence-corrected chi connectivity index (χ3v) is 3.39. The first-order valence-electron chi connectivity index (χ1n) is 6.60. The van der Waals surface area contributed by atoms with Crippen molar-refractivity contribution >= 4 is 5.91 Å². The van der Waals surface area contributed by atoms with Crippen LogP contribution in [0.2, 0.25) is 0 Å². The number of carbonyl (C=O) groups excluding carboxylic acids is 1. The molecule has 18 heavy (non-hydrogen) atoms. The van der Waals surface area contributed by atoms with Gasteiger partial charge in [-0.2, -0.15) is 0 Å². The Morgan fingerprint density at radius 3 is 3.11 bits per heavy atom. The standard InChI is InChI=1S/C12H21N5O/c1-3-5-10-14-11(16-15-10)12(18)13-8-9-6-4-7-17(9)2/h9H,3-8H2,1-2H3,(H,13,18)(H,14,15,16). The van der Waals surface area contributed by atoms with Gasteiger partial charge in [0.05, 0.1) is 0 Å². The number of nitrogens with zero attached hydrogens (tertiary/aromatic N) is 3. The third kappa shape index (κ3) is 3.07. The number of likely N-dealkylation sites (tertiary alicyclic amines) is 1. The van der Waals surface area contributed by atoms with Crippen LogP contribution in [0.5, 0.6) is 0 Å². The molecule has 2 rings (SSSR count). The Morgan fingerprint density at radius 2 is 2.44 bits per heavy atom. The number of H-pyrrole nitrogens is 1. The second-order valence-electron chi connectivity index (χ2n) is 4.84. The number of carbonyl (C=O) groups is 1. The highest BCUT2D eigenvalue weighted by Crippen LogP contribution is 2.13. The molecule has 1 atom stereocenters. The van der Waals surface area contributed by atoms with Crippen LogP contribution in [0.3, 0.4) is 0 Å². The first-order valence-corrected chi connectivity index (χ1v) is 6.60. The fourth-order valence-corrected chi connectivity index (χ4v) is 2.27. The molecule has 0 spiro atoms. The van der Waals surface area contributed by atoms with Crippen LogP contribution in [0.4, 0.5) is 0 Å². The number of likely N-dealkylation sites (N-methyl/N-ethyl adjacent to an activating group) is 1. The van der Waals surface area contributed by atoms with E-state index in [1.165, 1.54) is 6.42 Å². The smallest absolute Gasteiger partial charge is 0.291 e. The van der Waals surface area contributed by atoms with Crippen molar-refractivity contribution in [3.05, 3.63) is 11.6 Å². The summed E-state index contributed by atoms with van der Waals surface area (Å²) in [5.41, 5.74) is 0. The number of hydrogen-bond donors (Lipinski definition) is 2. The Kier molecular flexibility index (Phi) is 4.30. The molecule has 0 saturated carbocycles. The zero-order valence-corrected chi connectivity index (χ0v) is 11.1. The van der Waals surface area contributed by atoms with Crippen LogP contribution < -0.4 is 5.32 Å². The fraction of sp³-hybridized carbons (Fsp3) is 0.750. The summed E-state index contributed by atoms with van der Waals surface area (Å²) in [6, 6.07) is 0.447. The Hall–Kier alpha value is -1.43. The minimum atomic E-state index is -0.186. The summed E-state index contributed by atoms with van der Waals surface area (Å²) in [6.45, 7) is 3.85. The van der Waals surface area contributed by atoms with Gasteiger partial charge in [0.1, 0.15) is 5.82 Å². The average molecular weight is 251 g/mol. The van der Waals surface area contributed by atoms with E-state index >= 15 is 0 Å². The van der Waals surface area contributed by atoms with Gasteiger partial charge in [0.15, 0.2) is 0 Å². The molecule has 0 aromatic carbocycles. The fourth-order valence-electron chi connectivity index (χ4n) is 2.27. The van der Waals surface area contributed by atoms with Gasteiger partial charge in [-0.25, -0.2) is 4.98 Å². The van der Waals surface area contributed by atoms with Crippen LogP contribution in [0, 0.1) is 0 Å². The van der Waals surface area contributed by atoms with Crippen molar-refractivity contribution in [2.45, 2.75) is 38.6 Å². The number of amides is 1. The lowest BCUT2D eigenvalue weighted by atomic mass is 10.2. The largest absolute Gasteiger partial charge is 0.348 e. The highest BCUT2D eigenvalue weighted by atomic mass is 16.2. The van der Waals surface area contributed by atoms with Crippen molar-refractivity contribution in [2.24, 2.45) is 0 Å². The number of aryl methyl sites for hydroxylation is 1. The van der Waals surface area contributed by atoms with Gasteiger partial charge < -0.3 is 10.2 Å². The van der Waals surface area contributed by atoms with Crippen molar-refractivity contribution in [1.29, 1.82) is 0 Å². The van der Waals surface area contributed by atoms with E-state index in [2.05, 4.69) is 39.4 Å². The first-order chi connectivity index (χ1) is 8.70. The minimum absolute atomic E-state index is 0.186. The van der Waals surface area contributed by atoms with Gasteiger partial charge in [0, 0.05) is 19.0 Å². The molecule has 0 radical (unpaired) electrons. The molecule has 6 heteroatoms. The molecular formula is C12H21N5O. The maximum Gasteiger partial charge on any atom is 0.291 e. The van der Waals surface area contributed by atoms with Gasteiger partial charge >= 0.3 is 0 Å². The molecular weight excluding hydrogens is 230 g/mol. The maximum atomic E-state index is 11.9. The predicted molar refractivity (Wildman–Crippen MR) is 68.4 cm³/mol. The van der Waals surface area contributed by atoms with E-state index in [4.69, 9.17) is 0 Å². The van der Waals surface area contributed by atoms with Crippen LogP contribution in [-0.2, 0) is 6.42 Å². The molecule has 2 heterocycles. The van der Waals surface area contributed by atoms with Crippen LogP contribution in [0.1, 0.15) is 42.6 Å². The summed E-state index contributed by atoms with van der Waals surface area (Å²) < 4.78 is 0. The number of hydrogen-bond acceptors (Lipinski definition) is 4. The Bertz CT molecular complexity index is 403. The zero-order valence-electron chi connectivity index (χ0n) is 11.1.